The van der Waals surface area contributed by atoms with Crippen LogP contribution >= 0.6 is 0 Å². The molecule has 0 radical (unpaired) electrons. The lowest BCUT2D eigenvalue weighted by Gasteiger charge is -2.20. The number of hydrogen-bond donors (Lipinski definition) is 1. The molecule has 0 aliphatic heterocycles. The van der Waals surface area contributed by atoms with Crippen molar-refractivity contribution in [2.75, 3.05) is 11.9 Å². The molecule has 1 heterocycles. The normalized spacial score (nSPS) is 11.4. The van der Waals surface area contributed by atoms with Crippen LogP contribution in [0, 0.1) is 0 Å². The van der Waals surface area contributed by atoms with E-state index in [2.05, 4.69) is 4.98 Å². The molecule has 0 saturated carbocycles. The summed E-state index contributed by atoms with van der Waals surface area (Å²) in [6.07, 6.45) is -4.45. The van der Waals surface area contributed by atoms with Crippen molar-refractivity contribution in [1.29, 1.82) is 0 Å². The van der Waals surface area contributed by atoms with Crippen LogP contribution in [-0.4, -0.2) is 12.0 Å². The summed E-state index contributed by atoms with van der Waals surface area (Å²) < 4.78 is 38.0. The Morgan fingerprint density at radius 2 is 1.85 bits per heavy atom. The van der Waals surface area contributed by atoms with Crippen LogP contribution < -0.4 is 10.6 Å². The third kappa shape index (κ3) is 3.08. The second-order valence-corrected chi connectivity index (χ2v) is 4.31. The van der Waals surface area contributed by atoms with Crippen LogP contribution in [0.5, 0.6) is 0 Å². The van der Waals surface area contributed by atoms with Crippen molar-refractivity contribution in [1.82, 2.24) is 4.98 Å². The van der Waals surface area contributed by atoms with Crippen molar-refractivity contribution in [2.45, 2.75) is 12.7 Å². The first-order valence-corrected chi connectivity index (χ1v) is 5.99. The van der Waals surface area contributed by atoms with Crippen LogP contribution in [0.15, 0.2) is 42.5 Å². The average molecular weight is 281 g/mol. The van der Waals surface area contributed by atoms with Gasteiger partial charge in [0.25, 0.3) is 0 Å². The van der Waals surface area contributed by atoms with Gasteiger partial charge >= 0.3 is 6.18 Å². The molecular formula is C14H14F3N3. The first-order chi connectivity index (χ1) is 9.41. The molecule has 2 aromatic rings. The number of nitrogens with two attached hydrogens (primary N) is 1. The molecule has 0 amide bonds. The lowest BCUT2D eigenvalue weighted by atomic mass is 10.2. The van der Waals surface area contributed by atoms with E-state index in [-0.39, 0.29) is 5.82 Å². The second kappa shape index (κ2) is 5.50. The molecule has 106 valence electrons. The molecule has 3 nitrogen and oxygen atoms in total. The highest BCUT2D eigenvalue weighted by molar-refractivity contribution is 5.60. The van der Waals surface area contributed by atoms with E-state index < -0.39 is 11.9 Å². The number of nitrogens with zero attached hydrogens (tertiary/aromatic N) is 2. The van der Waals surface area contributed by atoms with Crippen molar-refractivity contribution in [3.8, 4) is 0 Å². The molecule has 0 aliphatic carbocycles. The van der Waals surface area contributed by atoms with E-state index in [1.54, 1.807) is 18.0 Å². The van der Waals surface area contributed by atoms with Gasteiger partial charge in [0.05, 0.1) is 0 Å². The zero-order valence-electron chi connectivity index (χ0n) is 10.9. The maximum atomic E-state index is 12.7. The number of aromatic nitrogens is 1. The number of benzene rings is 1. The van der Waals surface area contributed by atoms with Crippen molar-refractivity contribution in [3.63, 3.8) is 0 Å². The predicted octanol–water partition coefficient (Wildman–Crippen LogP) is 3.33. The number of pyridine rings is 1. The Bertz CT molecular complexity index is 596. The molecule has 1 aromatic heterocycles. The molecule has 0 fully saturated rings. The molecule has 2 N–H and O–H groups in total. The van der Waals surface area contributed by atoms with Gasteiger partial charge in [-0.3, -0.25) is 0 Å². The lowest BCUT2D eigenvalue weighted by molar-refractivity contribution is -0.141. The van der Waals surface area contributed by atoms with Crippen LogP contribution in [-0.2, 0) is 12.7 Å². The van der Waals surface area contributed by atoms with Crippen LogP contribution in [0.1, 0.15) is 11.3 Å². The number of halogens is 3. The molecule has 0 spiro atoms. The smallest absolute Gasteiger partial charge is 0.329 e. The number of alkyl halides is 3. The predicted molar refractivity (Wildman–Crippen MR) is 71.6 cm³/mol. The van der Waals surface area contributed by atoms with Crippen LogP contribution in [0.25, 0.3) is 0 Å². The van der Waals surface area contributed by atoms with Gasteiger partial charge in [-0.15, -0.1) is 0 Å². The minimum absolute atomic E-state index is 0.231. The zero-order valence-corrected chi connectivity index (χ0v) is 10.9. The van der Waals surface area contributed by atoms with E-state index in [4.69, 9.17) is 5.73 Å². The Morgan fingerprint density at radius 1 is 1.15 bits per heavy atom. The second-order valence-electron chi connectivity index (χ2n) is 4.31. The zero-order chi connectivity index (χ0) is 14.8. The van der Waals surface area contributed by atoms with E-state index in [1.807, 2.05) is 18.2 Å². The molecule has 6 heteroatoms. The maximum Gasteiger partial charge on any atom is 0.433 e. The fourth-order valence-electron chi connectivity index (χ4n) is 1.79. The molecular weight excluding hydrogens is 267 g/mol. The summed E-state index contributed by atoms with van der Waals surface area (Å²) in [5.41, 5.74) is 6.29. The van der Waals surface area contributed by atoms with Crippen LogP contribution in [0.4, 0.5) is 24.7 Å². The van der Waals surface area contributed by atoms with E-state index in [9.17, 15) is 13.2 Å². The first kappa shape index (κ1) is 14.3. The van der Waals surface area contributed by atoms with Gasteiger partial charge < -0.3 is 10.6 Å². The minimum Gasteiger partial charge on any atom is -0.329 e. The summed E-state index contributed by atoms with van der Waals surface area (Å²) in [6.45, 7) is 0.373. The third-order valence-electron chi connectivity index (χ3n) is 2.90. The number of rotatable bonds is 3. The fourth-order valence-corrected chi connectivity index (χ4v) is 1.79. The van der Waals surface area contributed by atoms with E-state index in [1.165, 1.54) is 12.1 Å². The van der Waals surface area contributed by atoms with Gasteiger partial charge in [0.2, 0.25) is 0 Å². The highest BCUT2D eigenvalue weighted by Crippen LogP contribution is 2.30. The average Bonchev–Trinajstić information content (AvgIpc) is 2.46. The molecule has 0 atom stereocenters. The Kier molecular flexibility index (Phi) is 3.94. The molecule has 1 aromatic carbocycles. The summed E-state index contributed by atoms with van der Waals surface area (Å²) in [5.74, 6) is 0.231. The van der Waals surface area contributed by atoms with Crippen LogP contribution in [0.2, 0.25) is 0 Å². The first-order valence-electron chi connectivity index (χ1n) is 5.99. The molecule has 0 unspecified atom stereocenters. The third-order valence-corrected chi connectivity index (χ3v) is 2.90. The molecule has 0 saturated heterocycles. The fraction of sp³-hybridized carbons (Fsp3) is 0.214. The summed E-state index contributed by atoms with van der Waals surface area (Å²) in [6, 6.07) is 11.1. The Hall–Kier alpha value is -2.08. The van der Waals surface area contributed by atoms with Crippen molar-refractivity contribution in [2.24, 2.45) is 5.73 Å². The number of hydrogen-bond acceptors (Lipinski definition) is 3. The monoisotopic (exact) mass is 281 g/mol. The summed E-state index contributed by atoms with van der Waals surface area (Å²) >= 11 is 0. The molecule has 2 rings (SSSR count). The standard InChI is InChI=1S/C14H14F3N3/c1-20(11-5-2-4-10(8-11)9-18)13-7-3-6-12(19-13)14(15,16)17/h2-8H,9,18H2,1H3. The largest absolute Gasteiger partial charge is 0.433 e. The highest BCUT2D eigenvalue weighted by atomic mass is 19.4. The Balaban J connectivity index is 2.35. The summed E-state index contributed by atoms with van der Waals surface area (Å²) in [4.78, 5) is 5.24. The Morgan fingerprint density at radius 3 is 2.50 bits per heavy atom. The SMILES string of the molecule is CN(c1cccc(CN)c1)c1cccc(C(F)(F)F)n1. The summed E-state index contributed by atoms with van der Waals surface area (Å²) in [7, 11) is 1.66. The number of anilines is 2. The van der Waals surface area contributed by atoms with Gasteiger partial charge in [0.15, 0.2) is 0 Å². The van der Waals surface area contributed by atoms with E-state index >= 15 is 0 Å². The van der Waals surface area contributed by atoms with Crippen molar-refractivity contribution < 1.29 is 13.2 Å². The maximum absolute atomic E-state index is 12.7. The van der Waals surface area contributed by atoms with E-state index in [0.29, 0.717) is 6.54 Å². The van der Waals surface area contributed by atoms with Crippen molar-refractivity contribution >= 4 is 11.5 Å². The van der Waals surface area contributed by atoms with Gasteiger partial charge in [-0.25, -0.2) is 4.98 Å². The van der Waals surface area contributed by atoms with Gasteiger partial charge in [-0.1, -0.05) is 18.2 Å². The van der Waals surface area contributed by atoms with Gasteiger partial charge in [-0.2, -0.15) is 13.2 Å². The topological polar surface area (TPSA) is 42.1 Å². The van der Waals surface area contributed by atoms with E-state index in [0.717, 1.165) is 17.3 Å². The van der Waals surface area contributed by atoms with Gasteiger partial charge in [-0.05, 0) is 29.8 Å². The van der Waals surface area contributed by atoms with Crippen LogP contribution in [0.3, 0.4) is 0 Å². The van der Waals surface area contributed by atoms with Crippen molar-refractivity contribution in [3.05, 3.63) is 53.7 Å². The quantitative estimate of drug-likeness (QED) is 0.938. The summed E-state index contributed by atoms with van der Waals surface area (Å²) in [5, 5.41) is 0. The highest BCUT2D eigenvalue weighted by Gasteiger charge is 2.32. The molecule has 0 bridgehead atoms. The van der Waals surface area contributed by atoms with Gasteiger partial charge in [0, 0.05) is 19.3 Å². The molecule has 20 heavy (non-hydrogen) atoms. The molecule has 0 aliphatic rings. The van der Waals surface area contributed by atoms with Gasteiger partial charge in [0.1, 0.15) is 11.5 Å². The Labute approximate surface area is 114 Å². The lowest BCUT2D eigenvalue weighted by Crippen LogP contribution is -2.15. The minimum atomic E-state index is -4.45.